The summed E-state index contributed by atoms with van der Waals surface area (Å²) in [4.78, 5) is 7.24. The van der Waals surface area contributed by atoms with Crippen LogP contribution in [0, 0.1) is 0 Å². The molecule has 0 radical (unpaired) electrons. The molecule has 0 bridgehead atoms. The molecule has 0 saturated carbocycles. The van der Waals surface area contributed by atoms with Gasteiger partial charge in [0.1, 0.15) is 0 Å². The summed E-state index contributed by atoms with van der Waals surface area (Å²) in [5.41, 5.74) is 16.7. The third-order valence-electron chi connectivity index (χ3n) is 13.1. The van der Waals surface area contributed by atoms with Gasteiger partial charge < -0.3 is 19.3 Å². The van der Waals surface area contributed by atoms with Gasteiger partial charge in [0.2, 0.25) is 0 Å². The van der Waals surface area contributed by atoms with E-state index in [0.717, 1.165) is 47.0 Å². The number of nitrogens with zero attached hydrogens (tertiary/aromatic N) is 4. The maximum atomic E-state index is 2.49. The van der Waals surface area contributed by atoms with Crippen LogP contribution < -0.4 is 14.7 Å². The van der Waals surface area contributed by atoms with Crippen LogP contribution in [0.15, 0.2) is 243 Å². The zero-order chi connectivity index (χ0) is 42.4. The van der Waals surface area contributed by atoms with Crippen LogP contribution in [0.2, 0.25) is 0 Å². The molecule has 2 aliphatic carbocycles. The van der Waals surface area contributed by atoms with Crippen molar-refractivity contribution < 1.29 is 0 Å². The van der Waals surface area contributed by atoms with E-state index >= 15 is 0 Å². The summed E-state index contributed by atoms with van der Waals surface area (Å²) in [6, 6.07) is 73.2. The Balaban J connectivity index is 0.881. The maximum Gasteiger partial charge on any atom is 0.0629 e. The fourth-order valence-corrected chi connectivity index (χ4v) is 10.2. The fourth-order valence-electron chi connectivity index (χ4n) is 10.2. The molecule has 0 amide bonds. The van der Waals surface area contributed by atoms with E-state index in [0.29, 0.717) is 0 Å². The van der Waals surface area contributed by atoms with Crippen molar-refractivity contribution in [1.82, 2.24) is 4.57 Å². The highest BCUT2D eigenvalue weighted by atomic mass is 15.2. The van der Waals surface area contributed by atoms with E-state index in [-0.39, 0.29) is 12.0 Å². The molecule has 4 heteroatoms. The van der Waals surface area contributed by atoms with Crippen molar-refractivity contribution in [3.63, 3.8) is 0 Å². The predicted molar refractivity (Wildman–Crippen MR) is 270 cm³/mol. The van der Waals surface area contributed by atoms with E-state index < -0.39 is 0 Å². The number of rotatable bonds is 9. The van der Waals surface area contributed by atoms with Gasteiger partial charge in [0.15, 0.2) is 0 Å². The summed E-state index contributed by atoms with van der Waals surface area (Å²) in [5, 5.41) is 2.53. The van der Waals surface area contributed by atoms with E-state index in [1.807, 2.05) is 0 Å². The van der Waals surface area contributed by atoms with Crippen molar-refractivity contribution in [2.45, 2.75) is 24.8 Å². The van der Waals surface area contributed by atoms with Crippen LogP contribution >= 0.6 is 0 Å². The highest BCUT2D eigenvalue weighted by Crippen LogP contribution is 2.50. The number of anilines is 8. The Morgan fingerprint density at radius 2 is 0.984 bits per heavy atom. The lowest BCUT2D eigenvalue weighted by molar-refractivity contribution is 0.745. The molecule has 0 N–H and O–H groups in total. The van der Waals surface area contributed by atoms with Gasteiger partial charge in [-0.25, -0.2) is 0 Å². The van der Waals surface area contributed by atoms with Crippen LogP contribution in [0.4, 0.5) is 45.5 Å². The van der Waals surface area contributed by atoms with Crippen LogP contribution in [-0.4, -0.2) is 10.6 Å². The smallest absolute Gasteiger partial charge is 0.0629 e. The quantitative estimate of drug-likeness (QED) is 0.144. The first-order valence-electron chi connectivity index (χ1n) is 22.4. The van der Waals surface area contributed by atoms with Gasteiger partial charge in [-0.15, -0.1) is 0 Å². The van der Waals surface area contributed by atoms with Gasteiger partial charge in [-0.2, -0.15) is 0 Å². The third kappa shape index (κ3) is 6.54. The summed E-state index contributed by atoms with van der Waals surface area (Å²) < 4.78 is 2.45. The molecule has 2 atom stereocenters. The largest absolute Gasteiger partial charge is 0.333 e. The summed E-state index contributed by atoms with van der Waals surface area (Å²) in [5.74, 6) is 0.271. The first kappa shape index (κ1) is 37.7. The highest BCUT2D eigenvalue weighted by Gasteiger charge is 2.38. The molecule has 4 nitrogen and oxygen atoms in total. The minimum absolute atomic E-state index is 0.243. The van der Waals surface area contributed by atoms with Gasteiger partial charge in [0, 0.05) is 67.9 Å². The van der Waals surface area contributed by atoms with E-state index in [1.165, 1.54) is 55.6 Å². The van der Waals surface area contributed by atoms with Gasteiger partial charge in [-0.05, 0) is 139 Å². The molecule has 0 spiro atoms. The normalized spacial score (nSPS) is 16.2. The molecule has 1 aromatic heterocycles. The molecule has 306 valence electrons. The number of aromatic nitrogens is 1. The average Bonchev–Trinajstić information content (AvgIpc) is 3.88. The maximum absolute atomic E-state index is 2.49. The Bertz CT molecular complexity index is 3270. The van der Waals surface area contributed by atoms with Crippen molar-refractivity contribution in [3.8, 4) is 11.1 Å². The Morgan fingerprint density at radius 1 is 0.438 bits per heavy atom. The molecule has 0 fully saturated rings. The van der Waals surface area contributed by atoms with Crippen LogP contribution in [0.1, 0.15) is 24.3 Å². The topological polar surface area (TPSA) is 14.7 Å². The van der Waals surface area contributed by atoms with Crippen molar-refractivity contribution >= 4 is 73.0 Å². The highest BCUT2D eigenvalue weighted by molar-refractivity contribution is 6.11. The molecule has 0 saturated heterocycles. The molecular formula is C60H46N4. The Morgan fingerprint density at radius 3 is 1.64 bits per heavy atom. The first-order valence-corrected chi connectivity index (χ1v) is 22.4. The van der Waals surface area contributed by atoms with Gasteiger partial charge in [0.05, 0.1) is 17.1 Å². The lowest BCUT2D eigenvalue weighted by Crippen LogP contribution is -2.28. The molecule has 3 aliphatic rings. The molecule has 2 heterocycles. The second-order valence-electron chi connectivity index (χ2n) is 16.8. The fraction of sp³-hybridized carbons (Fsp3) is 0.0667. The zero-order valence-electron chi connectivity index (χ0n) is 35.5. The van der Waals surface area contributed by atoms with Crippen LogP contribution in [0.5, 0.6) is 0 Å². The first-order chi connectivity index (χ1) is 31.8. The van der Waals surface area contributed by atoms with Crippen molar-refractivity contribution in [3.05, 3.63) is 248 Å². The standard InChI is InChI=1S/C60H46N4/c1-5-17-45(18-6-1)61(51-37-39-59-55(41-51)53-25-13-15-27-57(53)63(59)47-21-9-3-10-22-47)49-33-29-43(30-34-49)44-31-35-50(36-32-44)62(46-19-7-2-8-20-46)52-38-40-60-56(42-52)54-26-14-16-28-58(54)64(60)48-23-11-4-12-24-48/h1-11,13-23,25-42,53,57H,12,24H2. The number of hydrogen-bond acceptors (Lipinski definition) is 3. The van der Waals surface area contributed by atoms with E-state index in [4.69, 9.17) is 0 Å². The second kappa shape index (κ2) is 16.0. The third-order valence-corrected chi connectivity index (χ3v) is 13.1. The van der Waals surface area contributed by atoms with Gasteiger partial charge in [-0.3, -0.25) is 0 Å². The Labute approximate surface area is 374 Å². The van der Waals surface area contributed by atoms with Gasteiger partial charge in [-0.1, -0.05) is 134 Å². The molecular weight excluding hydrogens is 777 g/mol. The molecule has 12 rings (SSSR count). The Hall–Kier alpha value is -8.08. The summed E-state index contributed by atoms with van der Waals surface area (Å²) in [6.45, 7) is 0. The molecule has 2 unspecified atom stereocenters. The summed E-state index contributed by atoms with van der Waals surface area (Å²) in [7, 11) is 0. The second-order valence-corrected chi connectivity index (χ2v) is 16.8. The van der Waals surface area contributed by atoms with Crippen LogP contribution in [0.3, 0.4) is 0 Å². The monoisotopic (exact) mass is 822 g/mol. The number of hydrogen-bond donors (Lipinski definition) is 0. The summed E-state index contributed by atoms with van der Waals surface area (Å²) in [6.07, 6.45) is 17.9. The number of fused-ring (bicyclic) bond motifs is 6. The van der Waals surface area contributed by atoms with Crippen molar-refractivity contribution in [2.75, 3.05) is 14.7 Å². The predicted octanol–water partition coefficient (Wildman–Crippen LogP) is 16.3. The number of allylic oxidation sites excluding steroid dienone is 6. The lowest BCUT2D eigenvalue weighted by atomic mass is 9.91. The van der Waals surface area contributed by atoms with Crippen LogP contribution in [-0.2, 0) is 0 Å². The number of para-hydroxylation sites is 4. The zero-order valence-corrected chi connectivity index (χ0v) is 35.5. The molecule has 64 heavy (non-hydrogen) atoms. The van der Waals surface area contributed by atoms with Gasteiger partial charge in [0.25, 0.3) is 0 Å². The number of benzene rings is 8. The SMILES string of the molecule is C1=CCCC(n2c3ccccc3c3cc(N(c4ccccc4)c4ccc(-c5ccc(N(c6ccccc6)c6ccc7c(c6)C6C=CC=CC6N7c6ccccc6)cc5)cc4)ccc32)=C1. The van der Waals surface area contributed by atoms with E-state index in [2.05, 4.69) is 262 Å². The van der Waals surface area contributed by atoms with E-state index in [9.17, 15) is 0 Å². The Kier molecular flexibility index (Phi) is 9.41. The minimum Gasteiger partial charge on any atom is -0.333 e. The average molecular weight is 823 g/mol. The molecule has 1 aliphatic heterocycles. The molecule has 9 aromatic rings. The van der Waals surface area contributed by atoms with Crippen molar-refractivity contribution in [2.24, 2.45) is 0 Å². The lowest BCUT2D eigenvalue weighted by Gasteiger charge is -2.28. The van der Waals surface area contributed by atoms with E-state index in [1.54, 1.807) is 0 Å². The summed E-state index contributed by atoms with van der Waals surface area (Å²) >= 11 is 0. The van der Waals surface area contributed by atoms with Crippen LogP contribution in [0.25, 0.3) is 38.6 Å². The molecule has 8 aromatic carbocycles. The van der Waals surface area contributed by atoms with Gasteiger partial charge >= 0.3 is 0 Å². The minimum atomic E-state index is 0.243. The van der Waals surface area contributed by atoms with Crippen molar-refractivity contribution in [1.29, 1.82) is 0 Å².